The fraction of sp³-hybridized carbons (Fsp3) is 0.480. The molecule has 9 heteroatoms. The van der Waals surface area contributed by atoms with Crippen LogP contribution >= 0.6 is 0 Å². The molecule has 8 nitrogen and oxygen atoms in total. The van der Waals surface area contributed by atoms with Gasteiger partial charge in [-0.1, -0.05) is 17.7 Å². The summed E-state index contributed by atoms with van der Waals surface area (Å²) >= 11 is 0. The van der Waals surface area contributed by atoms with E-state index in [0.29, 0.717) is 11.6 Å². The minimum atomic E-state index is -3.80. The van der Waals surface area contributed by atoms with Crippen LogP contribution in [0.2, 0.25) is 0 Å². The molecule has 0 amide bonds. The number of carboxylic acid groups (broad SMARTS) is 1. The van der Waals surface area contributed by atoms with Gasteiger partial charge in [-0.05, 0) is 69.0 Å². The van der Waals surface area contributed by atoms with Crippen LogP contribution in [-0.4, -0.2) is 70.3 Å². The van der Waals surface area contributed by atoms with E-state index in [-0.39, 0.29) is 16.1 Å². The molecule has 2 N–H and O–H groups in total. The summed E-state index contributed by atoms with van der Waals surface area (Å²) in [5.41, 5.74) is 1.94. The highest BCUT2D eigenvalue weighted by atomic mass is 32.2. The third kappa shape index (κ3) is 6.08. The number of rotatable bonds is 8. The molecule has 0 aliphatic carbocycles. The molecule has 2 saturated heterocycles. The molecule has 2 aliphatic rings. The number of carbonyl (C=O) groups is 1. The normalized spacial score (nSPS) is 18.1. The van der Waals surface area contributed by atoms with Crippen molar-refractivity contribution >= 4 is 27.4 Å². The van der Waals surface area contributed by atoms with Crippen LogP contribution in [0.5, 0.6) is 0 Å². The number of carboxylic acids is 1. The van der Waals surface area contributed by atoms with E-state index < -0.39 is 16.0 Å². The summed E-state index contributed by atoms with van der Waals surface area (Å²) in [5, 5.41) is 9.83. The van der Waals surface area contributed by atoms with Gasteiger partial charge < -0.3 is 14.7 Å². The molecule has 2 aromatic rings. The number of sulfonamides is 1. The van der Waals surface area contributed by atoms with Gasteiger partial charge >= 0.3 is 5.97 Å². The van der Waals surface area contributed by atoms with Crippen LogP contribution in [-0.2, 0) is 14.8 Å². The zero-order valence-electron chi connectivity index (χ0n) is 19.6. The van der Waals surface area contributed by atoms with Gasteiger partial charge in [-0.15, -0.1) is 0 Å². The van der Waals surface area contributed by atoms with Crippen LogP contribution in [0.4, 0.5) is 11.4 Å². The summed E-state index contributed by atoms with van der Waals surface area (Å²) in [7, 11) is -3.80. The lowest BCUT2D eigenvalue weighted by Gasteiger charge is -2.35. The number of ether oxygens (including phenoxy) is 1. The summed E-state index contributed by atoms with van der Waals surface area (Å²) in [6, 6.07) is 11.3. The Balaban J connectivity index is 1.40. The van der Waals surface area contributed by atoms with Crippen LogP contribution in [0.15, 0.2) is 47.4 Å². The van der Waals surface area contributed by atoms with Crippen molar-refractivity contribution in [2.45, 2.75) is 31.1 Å². The number of hydrogen-bond donors (Lipinski definition) is 2. The first kappa shape index (κ1) is 24.5. The second-order valence-corrected chi connectivity index (χ2v) is 10.8. The Morgan fingerprint density at radius 2 is 1.74 bits per heavy atom. The van der Waals surface area contributed by atoms with Gasteiger partial charge in [-0.2, -0.15) is 0 Å². The van der Waals surface area contributed by atoms with E-state index in [1.54, 1.807) is 24.3 Å². The smallest absolute Gasteiger partial charge is 0.337 e. The van der Waals surface area contributed by atoms with Crippen molar-refractivity contribution in [2.75, 3.05) is 55.6 Å². The van der Waals surface area contributed by atoms with Crippen molar-refractivity contribution in [1.82, 2.24) is 4.90 Å². The van der Waals surface area contributed by atoms with Crippen LogP contribution in [0, 0.1) is 12.8 Å². The molecule has 0 bridgehead atoms. The zero-order valence-corrected chi connectivity index (χ0v) is 20.4. The highest BCUT2D eigenvalue weighted by Crippen LogP contribution is 2.30. The fourth-order valence-electron chi connectivity index (χ4n) is 4.63. The number of anilines is 2. The van der Waals surface area contributed by atoms with Gasteiger partial charge in [-0.3, -0.25) is 9.62 Å². The van der Waals surface area contributed by atoms with Crippen LogP contribution in [0.1, 0.15) is 35.2 Å². The molecule has 2 aromatic carbocycles. The summed E-state index contributed by atoms with van der Waals surface area (Å²) in [6.45, 7) is 8.19. The van der Waals surface area contributed by atoms with E-state index in [1.165, 1.54) is 18.2 Å². The van der Waals surface area contributed by atoms with Crippen LogP contribution in [0.3, 0.4) is 0 Å². The van der Waals surface area contributed by atoms with Gasteiger partial charge in [-0.25, -0.2) is 13.2 Å². The number of aryl methyl sites for hydroxylation is 1. The molecule has 2 heterocycles. The Labute approximate surface area is 201 Å². The molecule has 2 fully saturated rings. The largest absolute Gasteiger partial charge is 0.478 e. The van der Waals surface area contributed by atoms with Crippen molar-refractivity contribution in [3.05, 3.63) is 53.6 Å². The van der Waals surface area contributed by atoms with E-state index in [9.17, 15) is 18.3 Å². The molecule has 0 saturated carbocycles. The second-order valence-electron chi connectivity index (χ2n) is 9.13. The third-order valence-corrected chi connectivity index (χ3v) is 8.12. The van der Waals surface area contributed by atoms with Crippen molar-refractivity contribution in [3.63, 3.8) is 0 Å². The predicted octanol–water partition coefficient (Wildman–Crippen LogP) is 3.43. The van der Waals surface area contributed by atoms with Gasteiger partial charge in [0.1, 0.15) is 0 Å². The first-order valence-corrected chi connectivity index (χ1v) is 13.3. The first-order valence-electron chi connectivity index (χ1n) is 11.8. The molecular weight excluding hydrogens is 454 g/mol. The second kappa shape index (κ2) is 10.8. The van der Waals surface area contributed by atoms with E-state index >= 15 is 0 Å². The maximum Gasteiger partial charge on any atom is 0.337 e. The van der Waals surface area contributed by atoms with E-state index in [1.807, 2.05) is 6.92 Å². The molecule has 0 atom stereocenters. The molecule has 0 radical (unpaired) electrons. The van der Waals surface area contributed by atoms with Gasteiger partial charge in [0.25, 0.3) is 10.0 Å². The van der Waals surface area contributed by atoms with E-state index in [0.717, 1.165) is 70.8 Å². The van der Waals surface area contributed by atoms with Crippen molar-refractivity contribution in [1.29, 1.82) is 0 Å². The Bertz CT molecular complexity index is 1090. The lowest BCUT2D eigenvalue weighted by Crippen LogP contribution is -2.39. The molecule has 184 valence electrons. The van der Waals surface area contributed by atoms with E-state index in [4.69, 9.17) is 4.74 Å². The van der Waals surface area contributed by atoms with Gasteiger partial charge in [0.05, 0.1) is 29.4 Å². The third-order valence-electron chi connectivity index (χ3n) is 6.72. The number of nitrogens with zero attached hydrogens (tertiary/aromatic N) is 2. The van der Waals surface area contributed by atoms with Gasteiger partial charge in [0.15, 0.2) is 0 Å². The predicted molar refractivity (Wildman–Crippen MR) is 132 cm³/mol. The monoisotopic (exact) mass is 487 g/mol. The topological polar surface area (TPSA) is 99.2 Å². The quantitative estimate of drug-likeness (QED) is 0.589. The summed E-state index contributed by atoms with van der Waals surface area (Å²) in [4.78, 5) is 16.7. The number of benzene rings is 2. The van der Waals surface area contributed by atoms with Crippen molar-refractivity contribution < 1.29 is 23.1 Å². The summed E-state index contributed by atoms with van der Waals surface area (Å²) in [5.74, 6) is -0.436. The minimum Gasteiger partial charge on any atom is -0.478 e. The Kier molecular flexibility index (Phi) is 7.75. The molecular formula is C25H33N3O5S. The Morgan fingerprint density at radius 1 is 1.06 bits per heavy atom. The Hall–Kier alpha value is -2.62. The highest BCUT2D eigenvalue weighted by molar-refractivity contribution is 7.92. The molecule has 2 aliphatic heterocycles. The average molecular weight is 488 g/mol. The minimum absolute atomic E-state index is 0.107. The van der Waals surface area contributed by atoms with Gasteiger partial charge in [0, 0.05) is 31.9 Å². The average Bonchev–Trinajstić information content (AvgIpc) is 2.84. The first-order chi connectivity index (χ1) is 16.3. The molecule has 0 spiro atoms. The van der Waals surface area contributed by atoms with Crippen LogP contribution in [0.25, 0.3) is 0 Å². The molecule has 0 aromatic heterocycles. The lowest BCUT2D eigenvalue weighted by molar-refractivity contribution is 0.0349. The van der Waals surface area contributed by atoms with Gasteiger partial charge in [0.2, 0.25) is 0 Å². The number of hydrogen-bond acceptors (Lipinski definition) is 6. The summed E-state index contributed by atoms with van der Waals surface area (Å²) < 4.78 is 33.4. The number of piperidine rings is 1. The fourth-order valence-corrected chi connectivity index (χ4v) is 5.68. The zero-order chi connectivity index (χ0) is 24.1. The maximum atomic E-state index is 12.7. The van der Waals surface area contributed by atoms with Crippen molar-refractivity contribution in [3.8, 4) is 0 Å². The number of aromatic carboxylic acids is 1. The molecule has 4 rings (SSSR count). The standard InChI is InChI=1S/C25H33N3O5S/c1-19-2-5-22(6-3-19)34(31,32)26-21-4-7-24(23(18-21)25(29)30)28-12-9-20(10-13-28)8-11-27-14-16-33-17-15-27/h2-7,18,20,26H,8-17H2,1H3,(H,29,30). The molecule has 34 heavy (non-hydrogen) atoms. The molecule has 0 unspecified atom stereocenters. The van der Waals surface area contributed by atoms with Crippen molar-refractivity contribution in [2.24, 2.45) is 5.92 Å². The SMILES string of the molecule is Cc1ccc(S(=O)(=O)Nc2ccc(N3CCC(CCN4CCOCC4)CC3)c(C(=O)O)c2)cc1. The highest BCUT2D eigenvalue weighted by Gasteiger charge is 2.24. The van der Waals surface area contributed by atoms with Crippen LogP contribution < -0.4 is 9.62 Å². The lowest BCUT2D eigenvalue weighted by atomic mass is 9.92. The Morgan fingerprint density at radius 3 is 2.38 bits per heavy atom. The maximum absolute atomic E-state index is 12.7. The van der Waals surface area contributed by atoms with E-state index in [2.05, 4.69) is 14.5 Å². The number of nitrogens with one attached hydrogen (secondary N) is 1. The summed E-state index contributed by atoms with van der Waals surface area (Å²) in [6.07, 6.45) is 3.19. The number of morpholine rings is 1.